The molecule has 0 N–H and O–H groups in total. The van der Waals surface area contributed by atoms with Crippen molar-refractivity contribution >= 4 is 45.2 Å². The fraction of sp³-hybridized carbons (Fsp3) is 0.190. The first-order valence-electron chi connectivity index (χ1n) is 8.67. The van der Waals surface area contributed by atoms with Gasteiger partial charge >= 0.3 is 0 Å². The molecule has 0 radical (unpaired) electrons. The Morgan fingerprint density at radius 1 is 1.29 bits per heavy atom. The molecular weight excluding hydrogens is 438 g/mol. The third-order valence-electron chi connectivity index (χ3n) is 4.44. The van der Waals surface area contributed by atoms with Crippen LogP contribution in [0.15, 0.2) is 52.6 Å². The summed E-state index contributed by atoms with van der Waals surface area (Å²) in [5, 5.41) is 9.73. The molecule has 1 amide bonds. The number of carbonyl (C=O) groups is 1. The third kappa shape index (κ3) is 3.93. The van der Waals surface area contributed by atoms with Crippen LogP contribution in [0, 0.1) is 11.3 Å². The molecule has 2 aromatic rings. The number of hydrogen-bond acceptors (Lipinski definition) is 4. The average Bonchev–Trinajstić information content (AvgIpc) is 2.90. The molecule has 1 aliphatic rings. The van der Waals surface area contributed by atoms with E-state index in [-0.39, 0.29) is 12.5 Å². The molecule has 2 aromatic carbocycles. The summed E-state index contributed by atoms with van der Waals surface area (Å²) in [5.74, 6) is 0.487. The Kier molecular flexibility index (Phi) is 6.12. The quantitative estimate of drug-likeness (QED) is 0.496. The molecule has 142 valence electrons. The number of likely N-dealkylation sites (N-methyl/N-ethyl adjacent to an activating group) is 2. The van der Waals surface area contributed by atoms with E-state index in [9.17, 15) is 10.1 Å². The van der Waals surface area contributed by atoms with Gasteiger partial charge in [-0.15, -0.1) is 0 Å². The summed E-state index contributed by atoms with van der Waals surface area (Å²) in [4.78, 5) is 15.9. The van der Waals surface area contributed by atoms with Gasteiger partial charge in [-0.2, -0.15) is 5.26 Å². The third-order valence-corrected chi connectivity index (χ3v) is 5.43. The molecular formula is C21H18BrN3O2S. The van der Waals surface area contributed by atoms with E-state index in [2.05, 4.69) is 22.0 Å². The predicted molar refractivity (Wildman–Crippen MR) is 115 cm³/mol. The number of ether oxygens (including phenoxy) is 1. The monoisotopic (exact) mass is 455 g/mol. The van der Waals surface area contributed by atoms with Crippen LogP contribution in [0.2, 0.25) is 0 Å². The summed E-state index contributed by atoms with van der Waals surface area (Å²) < 4.78 is 6.86. The van der Waals surface area contributed by atoms with Gasteiger partial charge < -0.3 is 9.64 Å². The van der Waals surface area contributed by atoms with Crippen molar-refractivity contribution in [3.63, 3.8) is 0 Å². The van der Waals surface area contributed by atoms with Crippen LogP contribution in [-0.4, -0.2) is 34.4 Å². The lowest BCUT2D eigenvalue weighted by Gasteiger charge is -2.14. The highest BCUT2D eigenvalue weighted by molar-refractivity contribution is 9.10. The molecule has 0 aromatic heterocycles. The molecule has 7 heteroatoms. The highest BCUT2D eigenvalue weighted by atomic mass is 79.9. The number of halogens is 1. The van der Waals surface area contributed by atoms with E-state index in [4.69, 9.17) is 17.0 Å². The van der Waals surface area contributed by atoms with Crippen LogP contribution in [-0.2, 0) is 11.4 Å². The second-order valence-electron chi connectivity index (χ2n) is 6.16. The van der Waals surface area contributed by atoms with Gasteiger partial charge in [0.2, 0.25) is 0 Å². The zero-order valence-corrected chi connectivity index (χ0v) is 17.9. The molecule has 0 spiro atoms. The van der Waals surface area contributed by atoms with Crippen molar-refractivity contribution in [2.24, 2.45) is 0 Å². The summed E-state index contributed by atoms with van der Waals surface area (Å²) in [6.45, 7) is 2.66. The zero-order chi connectivity index (χ0) is 20.3. The number of hydrogen-bond donors (Lipinski definition) is 0. The summed E-state index contributed by atoms with van der Waals surface area (Å²) >= 11 is 8.82. The van der Waals surface area contributed by atoms with Crippen LogP contribution in [0.4, 0.5) is 0 Å². The molecule has 5 nitrogen and oxygen atoms in total. The first-order valence-corrected chi connectivity index (χ1v) is 9.88. The van der Waals surface area contributed by atoms with Gasteiger partial charge in [0.1, 0.15) is 18.1 Å². The van der Waals surface area contributed by atoms with Gasteiger partial charge in [-0.25, -0.2) is 0 Å². The highest BCUT2D eigenvalue weighted by Crippen LogP contribution is 2.29. The van der Waals surface area contributed by atoms with Gasteiger partial charge in [0.15, 0.2) is 5.11 Å². The average molecular weight is 456 g/mol. The Morgan fingerprint density at radius 2 is 2.04 bits per heavy atom. The molecule has 1 saturated heterocycles. The zero-order valence-electron chi connectivity index (χ0n) is 15.5. The number of thiocarbonyl (C=S) groups is 1. The van der Waals surface area contributed by atoms with Gasteiger partial charge in [-0.1, -0.05) is 34.1 Å². The number of carbonyl (C=O) groups excluding carboxylic acids is 1. The summed E-state index contributed by atoms with van der Waals surface area (Å²) in [5.41, 5.74) is 2.63. The smallest absolute Gasteiger partial charge is 0.276 e. The second-order valence-corrected chi connectivity index (χ2v) is 7.44. The van der Waals surface area contributed by atoms with Crippen molar-refractivity contribution in [1.82, 2.24) is 9.80 Å². The minimum absolute atomic E-state index is 0.129. The van der Waals surface area contributed by atoms with Gasteiger partial charge in [0.25, 0.3) is 5.91 Å². The van der Waals surface area contributed by atoms with Gasteiger partial charge in [-0.05, 0) is 49.5 Å². The molecule has 0 aliphatic carbocycles. The molecule has 0 bridgehead atoms. The molecule has 0 atom stereocenters. The van der Waals surface area contributed by atoms with Crippen molar-refractivity contribution in [1.29, 1.82) is 5.26 Å². The molecule has 1 aliphatic heterocycles. The van der Waals surface area contributed by atoms with Gasteiger partial charge in [0.05, 0.1) is 11.6 Å². The SMILES string of the molecule is CCN1C(=O)/C(=C\c2cc(Br)ccc2OCc2ccccc2C#N)N(C)C1=S. The van der Waals surface area contributed by atoms with Crippen molar-refractivity contribution in [2.45, 2.75) is 13.5 Å². The van der Waals surface area contributed by atoms with Crippen LogP contribution >= 0.6 is 28.1 Å². The van der Waals surface area contributed by atoms with Crippen molar-refractivity contribution in [3.05, 3.63) is 69.3 Å². The molecule has 0 unspecified atom stereocenters. The van der Waals surface area contributed by atoms with Crippen molar-refractivity contribution < 1.29 is 9.53 Å². The van der Waals surface area contributed by atoms with E-state index >= 15 is 0 Å². The van der Waals surface area contributed by atoms with Crippen molar-refractivity contribution in [3.8, 4) is 11.8 Å². The Morgan fingerprint density at radius 3 is 2.71 bits per heavy atom. The topological polar surface area (TPSA) is 56.6 Å². The maximum atomic E-state index is 12.7. The molecule has 0 saturated carbocycles. The van der Waals surface area contributed by atoms with E-state index in [1.54, 1.807) is 29.0 Å². The fourth-order valence-electron chi connectivity index (χ4n) is 2.91. The summed E-state index contributed by atoms with van der Waals surface area (Å²) in [7, 11) is 1.78. The molecule has 28 heavy (non-hydrogen) atoms. The van der Waals surface area contributed by atoms with E-state index in [0.29, 0.717) is 28.7 Å². The van der Waals surface area contributed by atoms with Crippen LogP contribution < -0.4 is 4.74 Å². The summed E-state index contributed by atoms with van der Waals surface area (Å²) in [6.07, 6.45) is 1.78. The van der Waals surface area contributed by atoms with E-state index in [1.807, 2.05) is 43.3 Å². The maximum Gasteiger partial charge on any atom is 0.276 e. The van der Waals surface area contributed by atoms with Crippen LogP contribution in [0.1, 0.15) is 23.6 Å². The molecule has 1 heterocycles. The standard InChI is InChI=1S/C21H18BrN3O2S/c1-3-25-20(26)18(24(2)21(25)28)11-16-10-17(22)8-9-19(16)27-13-15-7-5-4-6-14(15)12-23/h4-11H,3,13H2,1-2H3/b18-11+. The number of amides is 1. The van der Waals surface area contributed by atoms with Crippen LogP contribution in [0.25, 0.3) is 6.08 Å². The number of benzene rings is 2. The largest absolute Gasteiger partial charge is 0.488 e. The lowest BCUT2D eigenvalue weighted by Crippen LogP contribution is -2.30. The normalized spacial score (nSPS) is 15.3. The van der Waals surface area contributed by atoms with E-state index in [0.717, 1.165) is 15.6 Å². The lowest BCUT2D eigenvalue weighted by molar-refractivity contribution is -0.122. The number of nitriles is 1. The minimum atomic E-state index is -0.129. The minimum Gasteiger partial charge on any atom is -0.488 e. The Labute approximate surface area is 177 Å². The molecule has 3 rings (SSSR count). The Bertz CT molecular complexity index is 1010. The number of rotatable bonds is 5. The summed E-state index contributed by atoms with van der Waals surface area (Å²) in [6, 6.07) is 15.1. The van der Waals surface area contributed by atoms with E-state index in [1.165, 1.54) is 0 Å². The fourth-order valence-corrected chi connectivity index (χ4v) is 3.60. The maximum absolute atomic E-state index is 12.7. The Balaban J connectivity index is 1.93. The van der Waals surface area contributed by atoms with E-state index < -0.39 is 0 Å². The van der Waals surface area contributed by atoms with Crippen molar-refractivity contribution in [2.75, 3.05) is 13.6 Å². The van der Waals surface area contributed by atoms with Gasteiger partial charge in [-0.3, -0.25) is 9.69 Å². The first kappa shape index (κ1) is 20.1. The lowest BCUT2D eigenvalue weighted by atomic mass is 10.1. The van der Waals surface area contributed by atoms with Crippen LogP contribution in [0.5, 0.6) is 5.75 Å². The van der Waals surface area contributed by atoms with Gasteiger partial charge in [0, 0.05) is 29.2 Å². The predicted octanol–water partition coefficient (Wildman–Crippen LogP) is 4.32. The first-order chi connectivity index (χ1) is 13.5. The second kappa shape index (κ2) is 8.55. The highest BCUT2D eigenvalue weighted by Gasteiger charge is 2.34. The molecule has 1 fully saturated rings. The number of nitrogens with zero attached hydrogens (tertiary/aromatic N) is 3. The van der Waals surface area contributed by atoms with Crippen LogP contribution in [0.3, 0.4) is 0 Å². The Hall–Kier alpha value is -2.69.